The van der Waals surface area contributed by atoms with E-state index in [-0.39, 0.29) is 30.3 Å². The molecular formula is C17H23ClN3O3+. The maximum absolute atomic E-state index is 12.4. The smallest absolute Gasteiger partial charge is 0.279 e. The fourth-order valence-electron chi connectivity index (χ4n) is 3.58. The molecular weight excluding hydrogens is 330 g/mol. The third-order valence-electron chi connectivity index (χ3n) is 4.80. The summed E-state index contributed by atoms with van der Waals surface area (Å²) in [5.74, 6) is 0.268. The minimum Gasteiger partial charge on any atom is -0.495 e. The molecule has 2 fully saturated rings. The molecule has 1 heterocycles. The standard InChI is InChI=1S/C17H22ClN3O3/c1-24-15-7-6-10(18)8-13(15)20-16(22)9-14-17(23)21-12-5-3-2-4-11(12)19-14/h6-8,11-12,14,19H,2-5,9H2,1H3,(H,20,22)(H,21,23)/p+1/t11-,12+,14+/m1/s1. The molecule has 1 aliphatic carbocycles. The first kappa shape index (κ1) is 17.0. The Kier molecular flexibility index (Phi) is 5.26. The molecule has 0 unspecified atom stereocenters. The predicted molar refractivity (Wildman–Crippen MR) is 91.2 cm³/mol. The van der Waals surface area contributed by atoms with Crippen molar-refractivity contribution in [2.45, 2.75) is 50.2 Å². The Hall–Kier alpha value is -1.79. The number of fused-ring (bicyclic) bond motifs is 1. The average Bonchev–Trinajstić information content (AvgIpc) is 2.55. The molecule has 0 aromatic heterocycles. The topological polar surface area (TPSA) is 84.0 Å². The lowest BCUT2D eigenvalue weighted by Gasteiger charge is -2.37. The third kappa shape index (κ3) is 3.82. The van der Waals surface area contributed by atoms with Crippen LogP contribution in [0.25, 0.3) is 0 Å². The molecule has 6 nitrogen and oxygen atoms in total. The summed E-state index contributed by atoms with van der Waals surface area (Å²) >= 11 is 5.97. The zero-order valence-corrected chi connectivity index (χ0v) is 14.4. The van der Waals surface area contributed by atoms with Gasteiger partial charge in [0.15, 0.2) is 6.04 Å². The summed E-state index contributed by atoms with van der Waals surface area (Å²) in [6, 6.07) is 5.29. The van der Waals surface area contributed by atoms with Gasteiger partial charge in [0.2, 0.25) is 5.91 Å². The summed E-state index contributed by atoms with van der Waals surface area (Å²) in [4.78, 5) is 24.6. The molecule has 2 amide bonds. The molecule has 3 atom stereocenters. The van der Waals surface area contributed by atoms with Gasteiger partial charge in [0.1, 0.15) is 11.8 Å². The van der Waals surface area contributed by atoms with E-state index in [1.165, 1.54) is 13.5 Å². The lowest BCUT2D eigenvalue weighted by atomic mass is 9.87. The van der Waals surface area contributed by atoms with Gasteiger partial charge in [-0.1, -0.05) is 18.0 Å². The Balaban J connectivity index is 1.62. The number of piperazine rings is 1. The summed E-state index contributed by atoms with van der Waals surface area (Å²) in [5, 5.41) is 8.45. The first-order valence-corrected chi connectivity index (χ1v) is 8.73. The first-order chi connectivity index (χ1) is 11.6. The Morgan fingerprint density at radius 1 is 1.42 bits per heavy atom. The molecule has 1 saturated heterocycles. The zero-order chi connectivity index (χ0) is 17.1. The van der Waals surface area contributed by atoms with Crippen LogP contribution in [0.5, 0.6) is 5.75 Å². The molecule has 0 bridgehead atoms. The largest absolute Gasteiger partial charge is 0.495 e. The van der Waals surface area contributed by atoms with Crippen molar-refractivity contribution in [3.63, 3.8) is 0 Å². The Morgan fingerprint density at radius 3 is 3.00 bits per heavy atom. The minimum absolute atomic E-state index is 0.0497. The number of carbonyl (C=O) groups excluding carboxylic acids is 2. The van der Waals surface area contributed by atoms with E-state index in [9.17, 15) is 9.59 Å². The van der Waals surface area contributed by atoms with Gasteiger partial charge in [-0.15, -0.1) is 0 Å². The number of halogens is 1. The summed E-state index contributed by atoms with van der Waals surface area (Å²) in [6.45, 7) is 0. The van der Waals surface area contributed by atoms with Crippen LogP contribution in [0.15, 0.2) is 18.2 Å². The van der Waals surface area contributed by atoms with Crippen molar-refractivity contribution < 1.29 is 19.6 Å². The highest BCUT2D eigenvalue weighted by molar-refractivity contribution is 6.31. The van der Waals surface area contributed by atoms with Crippen LogP contribution in [0.3, 0.4) is 0 Å². The van der Waals surface area contributed by atoms with Gasteiger partial charge < -0.3 is 20.7 Å². The quantitative estimate of drug-likeness (QED) is 0.757. The van der Waals surface area contributed by atoms with E-state index in [4.69, 9.17) is 16.3 Å². The molecule has 1 aliphatic heterocycles. The van der Waals surface area contributed by atoms with E-state index in [1.54, 1.807) is 18.2 Å². The molecule has 4 N–H and O–H groups in total. The highest BCUT2D eigenvalue weighted by Gasteiger charge is 2.40. The van der Waals surface area contributed by atoms with Crippen molar-refractivity contribution in [2.75, 3.05) is 12.4 Å². The number of hydrogen-bond donors (Lipinski definition) is 3. The van der Waals surface area contributed by atoms with Crippen molar-refractivity contribution in [1.29, 1.82) is 0 Å². The van der Waals surface area contributed by atoms with Gasteiger partial charge in [-0.2, -0.15) is 0 Å². The maximum atomic E-state index is 12.4. The second kappa shape index (κ2) is 7.40. The predicted octanol–water partition coefficient (Wildman–Crippen LogP) is 1.05. The molecule has 1 aromatic rings. The van der Waals surface area contributed by atoms with E-state index < -0.39 is 0 Å². The maximum Gasteiger partial charge on any atom is 0.279 e. The monoisotopic (exact) mass is 352 g/mol. The number of nitrogens with two attached hydrogens (primary N) is 1. The van der Waals surface area contributed by atoms with Crippen molar-refractivity contribution in [1.82, 2.24) is 5.32 Å². The second-order valence-electron chi connectivity index (χ2n) is 6.46. The third-order valence-corrected chi connectivity index (χ3v) is 5.04. The van der Waals surface area contributed by atoms with E-state index >= 15 is 0 Å². The number of rotatable bonds is 4. The summed E-state index contributed by atoms with van der Waals surface area (Å²) in [7, 11) is 1.53. The van der Waals surface area contributed by atoms with Gasteiger partial charge in [-0.25, -0.2) is 0 Å². The van der Waals surface area contributed by atoms with Crippen LogP contribution in [-0.2, 0) is 9.59 Å². The molecule has 130 valence electrons. The van der Waals surface area contributed by atoms with Crippen LogP contribution in [0.4, 0.5) is 5.69 Å². The van der Waals surface area contributed by atoms with Gasteiger partial charge in [-0.3, -0.25) is 9.59 Å². The molecule has 1 saturated carbocycles. The van der Waals surface area contributed by atoms with Crippen molar-refractivity contribution in [3.05, 3.63) is 23.2 Å². The molecule has 0 spiro atoms. The number of benzene rings is 1. The van der Waals surface area contributed by atoms with Crippen LogP contribution < -0.4 is 20.7 Å². The highest BCUT2D eigenvalue weighted by Crippen LogP contribution is 2.27. The number of nitrogens with one attached hydrogen (secondary N) is 2. The fourth-order valence-corrected chi connectivity index (χ4v) is 3.76. The van der Waals surface area contributed by atoms with E-state index in [0.717, 1.165) is 19.3 Å². The molecule has 24 heavy (non-hydrogen) atoms. The van der Waals surface area contributed by atoms with E-state index in [1.807, 2.05) is 0 Å². The summed E-state index contributed by atoms with van der Waals surface area (Å²) in [5.41, 5.74) is 0.516. The number of carbonyl (C=O) groups is 2. The lowest BCUT2D eigenvalue weighted by molar-refractivity contribution is -0.718. The number of methoxy groups -OCH3 is 1. The van der Waals surface area contributed by atoms with Gasteiger partial charge in [0.25, 0.3) is 5.91 Å². The number of anilines is 1. The van der Waals surface area contributed by atoms with Gasteiger partial charge in [0.05, 0.1) is 25.3 Å². The van der Waals surface area contributed by atoms with Crippen molar-refractivity contribution in [3.8, 4) is 5.75 Å². The van der Waals surface area contributed by atoms with Gasteiger partial charge in [-0.05, 0) is 31.0 Å². The zero-order valence-electron chi connectivity index (χ0n) is 13.7. The van der Waals surface area contributed by atoms with Gasteiger partial charge >= 0.3 is 0 Å². The van der Waals surface area contributed by atoms with Crippen molar-refractivity contribution >= 4 is 29.1 Å². The van der Waals surface area contributed by atoms with E-state index in [0.29, 0.717) is 22.5 Å². The molecule has 2 aliphatic rings. The number of amides is 2. The molecule has 0 radical (unpaired) electrons. The lowest BCUT2D eigenvalue weighted by Crippen LogP contribution is -3.03. The number of ether oxygens (including phenoxy) is 1. The van der Waals surface area contributed by atoms with Crippen LogP contribution in [0.2, 0.25) is 5.02 Å². The van der Waals surface area contributed by atoms with Crippen LogP contribution >= 0.6 is 11.6 Å². The summed E-state index contributed by atoms with van der Waals surface area (Å²) < 4.78 is 5.22. The number of hydrogen-bond acceptors (Lipinski definition) is 3. The highest BCUT2D eigenvalue weighted by atomic mass is 35.5. The second-order valence-corrected chi connectivity index (χ2v) is 6.90. The number of quaternary nitrogens is 1. The molecule has 3 rings (SSSR count). The minimum atomic E-state index is -0.380. The normalized spacial score (nSPS) is 26.2. The van der Waals surface area contributed by atoms with Gasteiger partial charge in [0, 0.05) is 11.4 Å². The fraction of sp³-hybridized carbons (Fsp3) is 0.529. The van der Waals surface area contributed by atoms with Crippen LogP contribution in [0, 0.1) is 0 Å². The first-order valence-electron chi connectivity index (χ1n) is 8.35. The Bertz CT molecular complexity index is 638. The van der Waals surface area contributed by atoms with Crippen LogP contribution in [0.1, 0.15) is 32.1 Å². The summed E-state index contributed by atoms with van der Waals surface area (Å²) in [6.07, 6.45) is 4.60. The van der Waals surface area contributed by atoms with Crippen molar-refractivity contribution in [2.24, 2.45) is 0 Å². The van der Waals surface area contributed by atoms with Crippen LogP contribution in [-0.4, -0.2) is 37.0 Å². The Morgan fingerprint density at radius 2 is 2.21 bits per heavy atom. The molecule has 7 heteroatoms. The Labute approximate surface area is 146 Å². The molecule has 1 aromatic carbocycles. The SMILES string of the molecule is COc1ccc(Cl)cc1NC(=O)C[C@@H]1[NH2+][C@@H]2CCCC[C@@H]2NC1=O. The van der Waals surface area contributed by atoms with E-state index in [2.05, 4.69) is 16.0 Å². The average molecular weight is 353 g/mol.